The van der Waals surface area contributed by atoms with Crippen molar-refractivity contribution in [1.29, 1.82) is 0 Å². The van der Waals surface area contributed by atoms with Crippen molar-refractivity contribution in [2.45, 2.75) is 23.5 Å². The predicted octanol–water partition coefficient (Wildman–Crippen LogP) is 4.42. The summed E-state index contributed by atoms with van der Waals surface area (Å²) in [4.78, 5) is 32.3. The number of ether oxygens (including phenoxy) is 2. The second kappa shape index (κ2) is 11.8. The molecule has 7 nitrogen and oxygen atoms in total. The molecular formula is C27H29N3O4S. The highest BCUT2D eigenvalue weighted by molar-refractivity contribution is 7.98. The van der Waals surface area contributed by atoms with Crippen LogP contribution in [0.1, 0.15) is 17.5 Å². The van der Waals surface area contributed by atoms with Gasteiger partial charge in [0.1, 0.15) is 0 Å². The molecule has 182 valence electrons. The molecule has 1 N–H and O–H groups in total. The Morgan fingerprint density at radius 3 is 2.60 bits per heavy atom. The number of nitrogens with zero attached hydrogens (tertiary/aromatic N) is 2. The average Bonchev–Trinajstić information content (AvgIpc) is 3.28. The highest BCUT2D eigenvalue weighted by Crippen LogP contribution is 2.28. The van der Waals surface area contributed by atoms with Gasteiger partial charge in [0.15, 0.2) is 11.5 Å². The molecule has 0 spiro atoms. The maximum atomic E-state index is 12.8. The van der Waals surface area contributed by atoms with Crippen LogP contribution in [0.3, 0.4) is 0 Å². The molecule has 8 heteroatoms. The van der Waals surface area contributed by atoms with Crippen LogP contribution < -0.4 is 14.8 Å². The number of hydrogen-bond acceptors (Lipinski definition) is 6. The van der Waals surface area contributed by atoms with Crippen molar-refractivity contribution in [3.05, 3.63) is 78.1 Å². The van der Waals surface area contributed by atoms with Gasteiger partial charge in [-0.25, -0.2) is 0 Å². The molecule has 3 aromatic rings. The summed E-state index contributed by atoms with van der Waals surface area (Å²) >= 11 is 1.72. The van der Waals surface area contributed by atoms with Crippen LogP contribution >= 0.6 is 11.8 Å². The standard InChI is InChI=1S/C27H29N3O4S/c1-33-24-10-5-19(14-25(24)34-2)11-13-30-17-21(15-26(30)31)27(32)29-22-6-8-23(9-7-22)35-18-20-4-3-12-28-16-20/h3-10,12,14,16,21H,11,13,15,17-18H2,1-2H3,(H,29,32). The van der Waals surface area contributed by atoms with Gasteiger partial charge in [-0.15, -0.1) is 11.8 Å². The van der Waals surface area contributed by atoms with Gasteiger partial charge in [-0.05, 0) is 60.0 Å². The number of aromatic nitrogens is 1. The molecule has 1 saturated heterocycles. The van der Waals surface area contributed by atoms with Gasteiger partial charge < -0.3 is 19.7 Å². The fraction of sp³-hybridized carbons (Fsp3) is 0.296. The molecular weight excluding hydrogens is 462 g/mol. The first-order valence-corrected chi connectivity index (χ1v) is 12.5. The third-order valence-electron chi connectivity index (χ3n) is 5.95. The van der Waals surface area contributed by atoms with Gasteiger partial charge >= 0.3 is 0 Å². The third-order valence-corrected chi connectivity index (χ3v) is 7.04. The monoisotopic (exact) mass is 491 g/mol. The summed E-state index contributed by atoms with van der Waals surface area (Å²) in [6, 6.07) is 17.5. The van der Waals surface area contributed by atoms with E-state index in [0.29, 0.717) is 31.0 Å². The van der Waals surface area contributed by atoms with Crippen molar-refractivity contribution in [2.75, 3.05) is 32.6 Å². The lowest BCUT2D eigenvalue weighted by atomic mass is 10.1. The largest absolute Gasteiger partial charge is 0.493 e. The number of carbonyl (C=O) groups excluding carboxylic acids is 2. The van der Waals surface area contributed by atoms with E-state index < -0.39 is 0 Å². The summed E-state index contributed by atoms with van der Waals surface area (Å²) in [5.41, 5.74) is 2.94. The molecule has 1 unspecified atom stereocenters. The molecule has 0 radical (unpaired) electrons. The van der Waals surface area contributed by atoms with Gasteiger partial charge in [0.2, 0.25) is 11.8 Å². The van der Waals surface area contributed by atoms with E-state index in [1.807, 2.05) is 54.7 Å². The van der Waals surface area contributed by atoms with Crippen molar-refractivity contribution >= 4 is 29.3 Å². The minimum atomic E-state index is -0.354. The molecule has 35 heavy (non-hydrogen) atoms. The number of carbonyl (C=O) groups is 2. The molecule has 0 bridgehead atoms. The number of likely N-dealkylation sites (tertiary alicyclic amines) is 1. The maximum Gasteiger partial charge on any atom is 0.229 e. The Morgan fingerprint density at radius 1 is 1.09 bits per heavy atom. The van der Waals surface area contributed by atoms with Gasteiger partial charge in [0.25, 0.3) is 0 Å². The highest BCUT2D eigenvalue weighted by atomic mass is 32.2. The second-order valence-electron chi connectivity index (χ2n) is 8.34. The summed E-state index contributed by atoms with van der Waals surface area (Å²) in [5, 5.41) is 2.96. The number of amides is 2. The molecule has 2 heterocycles. The van der Waals surface area contributed by atoms with Crippen molar-refractivity contribution in [2.24, 2.45) is 5.92 Å². The van der Waals surface area contributed by atoms with E-state index in [0.717, 1.165) is 27.5 Å². The number of rotatable bonds is 10. The molecule has 2 aromatic carbocycles. The topological polar surface area (TPSA) is 80.8 Å². The van der Waals surface area contributed by atoms with Gasteiger partial charge in [-0.2, -0.15) is 0 Å². The van der Waals surface area contributed by atoms with Crippen LogP contribution in [0.4, 0.5) is 5.69 Å². The van der Waals surface area contributed by atoms with Crippen molar-refractivity contribution in [1.82, 2.24) is 9.88 Å². The van der Waals surface area contributed by atoms with Crippen molar-refractivity contribution < 1.29 is 19.1 Å². The quantitative estimate of drug-likeness (QED) is 0.423. The second-order valence-corrected chi connectivity index (χ2v) is 9.39. The number of pyridine rings is 1. The minimum absolute atomic E-state index is 0.00720. The molecule has 1 aliphatic heterocycles. The third kappa shape index (κ3) is 6.54. The molecule has 1 fully saturated rings. The fourth-order valence-corrected chi connectivity index (χ4v) is 4.83. The van der Waals surface area contributed by atoms with Gasteiger partial charge in [0, 0.05) is 48.2 Å². The molecule has 0 saturated carbocycles. The number of benzene rings is 2. The molecule has 1 atom stereocenters. The van der Waals surface area contributed by atoms with Crippen LogP contribution in [-0.2, 0) is 21.8 Å². The van der Waals surface area contributed by atoms with E-state index >= 15 is 0 Å². The van der Waals surface area contributed by atoms with Gasteiger partial charge in [-0.1, -0.05) is 12.1 Å². The maximum absolute atomic E-state index is 12.8. The van der Waals surface area contributed by atoms with E-state index in [-0.39, 0.29) is 24.2 Å². The normalized spacial score (nSPS) is 15.2. The summed E-state index contributed by atoms with van der Waals surface area (Å²) in [6.07, 6.45) is 4.54. The first-order chi connectivity index (χ1) is 17.1. The van der Waals surface area contributed by atoms with Crippen molar-refractivity contribution in [3.63, 3.8) is 0 Å². The van der Waals surface area contributed by atoms with Crippen LogP contribution in [0.5, 0.6) is 11.5 Å². The van der Waals surface area contributed by atoms with Crippen LogP contribution in [0.25, 0.3) is 0 Å². The Labute approximate surface area is 209 Å². The number of thioether (sulfide) groups is 1. The zero-order chi connectivity index (χ0) is 24.6. The van der Waals surface area contributed by atoms with Crippen molar-refractivity contribution in [3.8, 4) is 11.5 Å². The van der Waals surface area contributed by atoms with E-state index in [1.165, 1.54) is 0 Å². The lowest BCUT2D eigenvalue weighted by Gasteiger charge is -2.17. The molecule has 1 aromatic heterocycles. The highest BCUT2D eigenvalue weighted by Gasteiger charge is 2.34. The van der Waals surface area contributed by atoms with Crippen LogP contribution in [0, 0.1) is 5.92 Å². The van der Waals surface area contributed by atoms with Crippen LogP contribution in [0.2, 0.25) is 0 Å². The SMILES string of the molecule is COc1ccc(CCN2CC(C(=O)Nc3ccc(SCc4cccnc4)cc3)CC2=O)cc1OC. The number of nitrogens with one attached hydrogen (secondary N) is 1. The summed E-state index contributed by atoms with van der Waals surface area (Å²) < 4.78 is 10.6. The first kappa shape index (κ1) is 24.6. The predicted molar refractivity (Wildman–Crippen MR) is 137 cm³/mol. The molecule has 0 aliphatic carbocycles. The van der Waals surface area contributed by atoms with E-state index in [1.54, 1.807) is 37.1 Å². The first-order valence-electron chi connectivity index (χ1n) is 11.5. The Bertz CT molecular complexity index is 1150. The van der Waals surface area contributed by atoms with Gasteiger partial charge in [0.05, 0.1) is 20.1 Å². The lowest BCUT2D eigenvalue weighted by Crippen LogP contribution is -2.30. The lowest BCUT2D eigenvalue weighted by molar-refractivity contribution is -0.128. The van der Waals surface area contributed by atoms with Gasteiger partial charge in [-0.3, -0.25) is 14.6 Å². The van der Waals surface area contributed by atoms with Crippen LogP contribution in [0.15, 0.2) is 71.9 Å². The summed E-state index contributed by atoms with van der Waals surface area (Å²) in [5.74, 6) is 1.70. The van der Waals surface area contributed by atoms with E-state index in [2.05, 4.69) is 16.4 Å². The fourth-order valence-electron chi connectivity index (χ4n) is 3.99. The Morgan fingerprint density at radius 2 is 1.89 bits per heavy atom. The van der Waals surface area contributed by atoms with Crippen LogP contribution in [-0.4, -0.2) is 49.0 Å². The molecule has 4 rings (SSSR count). The Kier molecular flexibility index (Phi) is 8.26. The molecule has 1 aliphatic rings. The zero-order valence-electron chi connectivity index (χ0n) is 19.9. The smallest absolute Gasteiger partial charge is 0.229 e. The summed E-state index contributed by atoms with van der Waals surface area (Å²) in [6.45, 7) is 0.984. The number of methoxy groups -OCH3 is 2. The van der Waals surface area contributed by atoms with E-state index in [4.69, 9.17) is 9.47 Å². The average molecular weight is 492 g/mol. The minimum Gasteiger partial charge on any atom is -0.493 e. The Hall–Kier alpha value is -3.52. The summed E-state index contributed by atoms with van der Waals surface area (Å²) in [7, 11) is 3.20. The zero-order valence-corrected chi connectivity index (χ0v) is 20.7. The van der Waals surface area contributed by atoms with E-state index in [9.17, 15) is 9.59 Å². The molecule has 2 amide bonds. The Balaban J connectivity index is 1.26. The number of hydrogen-bond donors (Lipinski definition) is 1. The number of anilines is 1.